The Morgan fingerprint density at radius 1 is 1.47 bits per heavy atom. The van der Waals surface area contributed by atoms with E-state index in [0.29, 0.717) is 18.6 Å². The molecule has 0 aliphatic rings. The molecule has 0 aliphatic carbocycles. The molecule has 0 spiro atoms. The van der Waals surface area contributed by atoms with Crippen LogP contribution in [-0.2, 0) is 0 Å². The fraction of sp³-hybridized carbons (Fsp3) is 0.545. The van der Waals surface area contributed by atoms with Gasteiger partial charge in [-0.15, -0.1) is 0 Å². The lowest BCUT2D eigenvalue weighted by Crippen LogP contribution is -2.14. The quantitative estimate of drug-likeness (QED) is 0.606. The number of nitro groups is 1. The van der Waals surface area contributed by atoms with E-state index < -0.39 is 4.92 Å². The van der Waals surface area contributed by atoms with Crippen molar-refractivity contribution in [1.82, 2.24) is 4.98 Å². The zero-order chi connectivity index (χ0) is 12.8. The van der Waals surface area contributed by atoms with Crippen molar-refractivity contribution in [2.24, 2.45) is 0 Å². The van der Waals surface area contributed by atoms with Crippen molar-refractivity contribution < 1.29 is 14.8 Å². The summed E-state index contributed by atoms with van der Waals surface area (Å²) in [5.74, 6) is 0.294. The molecule has 1 rings (SSSR count). The smallest absolute Gasteiger partial charge is 0.363 e. The number of aliphatic hydroxyl groups is 1. The standard InChI is InChI=1S/C11H16N2O4/c1-8(14)3-4-9(2)17-10-5-6-11(12-7-10)13(15)16/h5-9,14H,3-4H2,1-2H3/t8-,9-/m0/s1. The van der Waals surface area contributed by atoms with Gasteiger partial charge < -0.3 is 20.0 Å². The van der Waals surface area contributed by atoms with Crippen LogP contribution in [0.25, 0.3) is 0 Å². The molecule has 17 heavy (non-hydrogen) atoms. The summed E-state index contributed by atoms with van der Waals surface area (Å²) in [6.45, 7) is 3.60. The maximum Gasteiger partial charge on any atom is 0.363 e. The molecule has 0 aliphatic heterocycles. The van der Waals surface area contributed by atoms with Gasteiger partial charge in [-0.3, -0.25) is 0 Å². The van der Waals surface area contributed by atoms with Gasteiger partial charge in [0.15, 0.2) is 11.9 Å². The highest BCUT2D eigenvalue weighted by Gasteiger charge is 2.10. The van der Waals surface area contributed by atoms with Crippen LogP contribution in [0.2, 0.25) is 0 Å². The predicted octanol–water partition coefficient (Wildman–Crippen LogP) is 1.92. The van der Waals surface area contributed by atoms with Crippen molar-refractivity contribution in [3.05, 3.63) is 28.4 Å². The molecule has 0 saturated carbocycles. The van der Waals surface area contributed by atoms with Crippen LogP contribution >= 0.6 is 0 Å². The fourth-order valence-electron chi connectivity index (χ4n) is 1.32. The highest BCUT2D eigenvalue weighted by molar-refractivity contribution is 5.26. The van der Waals surface area contributed by atoms with Gasteiger partial charge in [-0.2, -0.15) is 0 Å². The Labute approximate surface area is 99.4 Å². The maximum absolute atomic E-state index is 10.4. The lowest BCUT2D eigenvalue weighted by molar-refractivity contribution is -0.389. The molecule has 0 unspecified atom stereocenters. The zero-order valence-corrected chi connectivity index (χ0v) is 9.87. The number of hydrogen-bond acceptors (Lipinski definition) is 5. The summed E-state index contributed by atoms with van der Waals surface area (Å²) in [5.41, 5.74) is 0. The number of aromatic nitrogens is 1. The van der Waals surface area contributed by atoms with E-state index in [9.17, 15) is 10.1 Å². The topological polar surface area (TPSA) is 85.5 Å². The number of pyridine rings is 1. The average Bonchev–Trinajstić information content (AvgIpc) is 2.27. The van der Waals surface area contributed by atoms with Crippen LogP contribution in [0.1, 0.15) is 26.7 Å². The largest absolute Gasteiger partial charge is 0.487 e. The minimum Gasteiger partial charge on any atom is -0.487 e. The SMILES string of the molecule is C[C@H](O)CC[C@H](C)Oc1ccc([N+](=O)[O-])nc1. The molecule has 1 N–H and O–H groups in total. The third kappa shape index (κ3) is 4.78. The van der Waals surface area contributed by atoms with E-state index in [-0.39, 0.29) is 18.0 Å². The number of rotatable bonds is 6. The van der Waals surface area contributed by atoms with Crippen LogP contribution in [-0.4, -0.2) is 27.2 Å². The second-order valence-electron chi connectivity index (χ2n) is 3.96. The molecule has 2 atom stereocenters. The second-order valence-corrected chi connectivity index (χ2v) is 3.96. The zero-order valence-electron chi connectivity index (χ0n) is 9.87. The van der Waals surface area contributed by atoms with E-state index in [1.807, 2.05) is 6.92 Å². The first-order valence-electron chi connectivity index (χ1n) is 5.44. The van der Waals surface area contributed by atoms with Gasteiger partial charge in [0.2, 0.25) is 0 Å². The molecular weight excluding hydrogens is 224 g/mol. The maximum atomic E-state index is 10.4. The van der Waals surface area contributed by atoms with Crippen LogP contribution in [0, 0.1) is 10.1 Å². The molecule has 1 aromatic rings. The van der Waals surface area contributed by atoms with Gasteiger partial charge in [0.25, 0.3) is 0 Å². The molecule has 1 aromatic heterocycles. The van der Waals surface area contributed by atoms with Crippen molar-refractivity contribution in [3.63, 3.8) is 0 Å². The normalized spacial score (nSPS) is 14.1. The molecule has 0 bridgehead atoms. The predicted molar refractivity (Wildman–Crippen MR) is 61.9 cm³/mol. The summed E-state index contributed by atoms with van der Waals surface area (Å²) in [7, 11) is 0. The van der Waals surface area contributed by atoms with Crippen molar-refractivity contribution in [2.75, 3.05) is 0 Å². The Balaban J connectivity index is 2.48. The molecule has 94 valence electrons. The Bertz CT molecular complexity index is 364. The summed E-state index contributed by atoms with van der Waals surface area (Å²) in [6.07, 6.45) is 2.29. The van der Waals surface area contributed by atoms with Gasteiger partial charge in [0, 0.05) is 6.07 Å². The van der Waals surface area contributed by atoms with Crippen LogP contribution in [0.5, 0.6) is 5.75 Å². The summed E-state index contributed by atoms with van der Waals surface area (Å²) in [6, 6.07) is 2.82. The van der Waals surface area contributed by atoms with Crippen LogP contribution < -0.4 is 4.74 Å². The van der Waals surface area contributed by atoms with Crippen molar-refractivity contribution in [3.8, 4) is 5.75 Å². The van der Waals surface area contributed by atoms with E-state index in [1.165, 1.54) is 18.3 Å². The summed E-state index contributed by atoms with van der Waals surface area (Å²) in [5, 5.41) is 19.5. The lowest BCUT2D eigenvalue weighted by atomic mass is 10.1. The first kappa shape index (κ1) is 13.4. The van der Waals surface area contributed by atoms with Crippen LogP contribution in [0.4, 0.5) is 5.82 Å². The molecular formula is C11H16N2O4. The van der Waals surface area contributed by atoms with E-state index in [4.69, 9.17) is 9.84 Å². The number of nitrogens with zero attached hydrogens (tertiary/aromatic N) is 2. The number of ether oxygens (including phenoxy) is 1. The number of hydrogen-bond donors (Lipinski definition) is 1. The molecule has 0 radical (unpaired) electrons. The van der Waals surface area contributed by atoms with E-state index in [1.54, 1.807) is 6.92 Å². The van der Waals surface area contributed by atoms with Gasteiger partial charge in [-0.25, -0.2) is 0 Å². The van der Waals surface area contributed by atoms with E-state index in [0.717, 1.165) is 0 Å². The Hall–Kier alpha value is -1.69. The number of aliphatic hydroxyl groups excluding tert-OH is 1. The highest BCUT2D eigenvalue weighted by atomic mass is 16.6. The molecule has 0 aromatic carbocycles. The first-order valence-corrected chi connectivity index (χ1v) is 5.44. The summed E-state index contributed by atoms with van der Waals surface area (Å²) in [4.78, 5) is 13.5. The highest BCUT2D eigenvalue weighted by Crippen LogP contribution is 2.16. The van der Waals surface area contributed by atoms with Gasteiger partial charge in [0.1, 0.15) is 0 Å². The van der Waals surface area contributed by atoms with Gasteiger partial charge in [-0.1, -0.05) is 0 Å². The summed E-state index contributed by atoms with van der Waals surface area (Å²) < 4.78 is 5.50. The molecule has 0 saturated heterocycles. The Kier molecular flexibility index (Phi) is 4.84. The van der Waals surface area contributed by atoms with Crippen molar-refractivity contribution in [2.45, 2.75) is 38.9 Å². The molecule has 6 heteroatoms. The van der Waals surface area contributed by atoms with Gasteiger partial charge >= 0.3 is 5.82 Å². The second kappa shape index (κ2) is 6.15. The van der Waals surface area contributed by atoms with Crippen LogP contribution in [0.3, 0.4) is 0 Å². The third-order valence-electron chi connectivity index (χ3n) is 2.24. The van der Waals surface area contributed by atoms with Gasteiger partial charge in [-0.05, 0) is 42.7 Å². The minimum absolute atomic E-state index is 0.0622. The molecule has 0 fully saturated rings. The summed E-state index contributed by atoms with van der Waals surface area (Å²) >= 11 is 0. The van der Waals surface area contributed by atoms with Crippen molar-refractivity contribution >= 4 is 5.82 Å². The molecule has 0 amide bonds. The lowest BCUT2D eigenvalue weighted by Gasteiger charge is -2.14. The average molecular weight is 240 g/mol. The Morgan fingerprint density at radius 2 is 2.18 bits per heavy atom. The van der Waals surface area contributed by atoms with E-state index >= 15 is 0 Å². The third-order valence-corrected chi connectivity index (χ3v) is 2.24. The Morgan fingerprint density at radius 3 is 2.65 bits per heavy atom. The molecule has 6 nitrogen and oxygen atoms in total. The van der Waals surface area contributed by atoms with Crippen LogP contribution in [0.15, 0.2) is 18.3 Å². The fourth-order valence-corrected chi connectivity index (χ4v) is 1.32. The molecule has 1 heterocycles. The van der Waals surface area contributed by atoms with Crippen molar-refractivity contribution in [1.29, 1.82) is 0 Å². The van der Waals surface area contributed by atoms with Gasteiger partial charge in [0.05, 0.1) is 12.2 Å². The first-order chi connectivity index (χ1) is 7.99. The van der Waals surface area contributed by atoms with E-state index in [2.05, 4.69) is 4.98 Å². The monoisotopic (exact) mass is 240 g/mol. The minimum atomic E-state index is -0.555.